The first kappa shape index (κ1) is 84.0. The summed E-state index contributed by atoms with van der Waals surface area (Å²) in [4.78, 5) is 28.5. The molecule has 2 aliphatic carbocycles. The fourth-order valence-corrected chi connectivity index (χ4v) is 10.7. The van der Waals surface area contributed by atoms with Gasteiger partial charge in [0.25, 0.3) is 0 Å². The molecule has 8 nitrogen and oxygen atoms in total. The molecule has 0 saturated heterocycles. The molecular weight excluding hydrogens is 1650 g/mol. The Bertz CT molecular complexity index is 3660. The van der Waals surface area contributed by atoms with E-state index in [2.05, 4.69) is 292 Å². The summed E-state index contributed by atoms with van der Waals surface area (Å²) in [7, 11) is 0. The maximum atomic E-state index is 9.74. The van der Waals surface area contributed by atoms with Gasteiger partial charge in [0.1, 0.15) is 11.8 Å². The largest absolute Gasteiger partial charge is 2.00 e. The third-order valence-corrected chi connectivity index (χ3v) is 16.6. The van der Waals surface area contributed by atoms with Crippen molar-refractivity contribution in [1.29, 1.82) is 0 Å². The number of nitrogens with zero attached hydrogens (tertiary/aromatic N) is 2. The molecule has 0 bridgehead atoms. The predicted octanol–water partition coefficient (Wildman–Crippen LogP) is 22.3. The smallest absolute Gasteiger partial charge is 0.664 e. The summed E-state index contributed by atoms with van der Waals surface area (Å²) in [6.07, 6.45) is 0. The van der Waals surface area contributed by atoms with Crippen molar-refractivity contribution in [3.63, 3.8) is 0 Å². The molecule has 0 unspecified atom stereocenters. The van der Waals surface area contributed by atoms with Crippen LogP contribution in [0.2, 0.25) is 0 Å². The van der Waals surface area contributed by atoms with Gasteiger partial charge in [-0.15, -0.1) is 0 Å². The van der Waals surface area contributed by atoms with Gasteiger partial charge in [-0.2, -0.15) is 0 Å². The molecule has 2 atom stereocenters. The average molecular weight is 1720 g/mol. The molecule has 4 aliphatic rings. The maximum Gasteiger partial charge on any atom is 2.00 e. The summed E-state index contributed by atoms with van der Waals surface area (Å²) in [5.74, 6) is 0.183. The number of ether oxygens (including phenoxy) is 2. The van der Waals surface area contributed by atoms with Crippen LogP contribution in [-0.4, -0.2) is 56.5 Å². The molecule has 2 N–H and O–H groups in total. The predicted molar refractivity (Wildman–Crippen MR) is 402 cm³/mol. The molecule has 522 valence electrons. The maximum absolute atomic E-state index is 9.74. The Morgan fingerprint density at radius 1 is 0.380 bits per heavy atom. The van der Waals surface area contributed by atoms with Crippen LogP contribution in [0.3, 0.4) is 0 Å². The minimum atomic E-state index is -2.06. The van der Waals surface area contributed by atoms with E-state index in [0.29, 0.717) is 37.1 Å². The van der Waals surface area contributed by atoms with Gasteiger partial charge in [-0.05, 0) is 101 Å². The van der Waals surface area contributed by atoms with Crippen molar-refractivity contribution < 1.29 is 93.5 Å². The number of carbonyl (C=O) groups is 2. The monoisotopic (exact) mass is 1710 g/mol. The number of benzene rings is 8. The van der Waals surface area contributed by atoms with Crippen LogP contribution in [0.15, 0.2) is 289 Å². The van der Waals surface area contributed by atoms with Crippen molar-refractivity contribution in [3.05, 3.63) is 358 Å². The van der Waals surface area contributed by atoms with Crippen LogP contribution in [0.5, 0.6) is 0 Å². The van der Waals surface area contributed by atoms with E-state index in [1.54, 1.807) is 0 Å². The van der Waals surface area contributed by atoms with Gasteiger partial charge in [0.2, 0.25) is 7.59 Å². The Labute approximate surface area is 665 Å². The summed E-state index contributed by atoms with van der Waals surface area (Å²) < 4.78 is 6.87. The zero-order valence-electron chi connectivity index (χ0n) is 54.4. The van der Waals surface area contributed by atoms with Crippen LogP contribution in [0, 0.1) is 24.0 Å². The van der Waals surface area contributed by atoms with Crippen molar-refractivity contribution in [2.24, 2.45) is 21.8 Å². The third kappa shape index (κ3) is 22.7. The number of aliphatic imine (C=N–C) groups is 2. The molecule has 0 aromatic heterocycles. The van der Waals surface area contributed by atoms with E-state index in [4.69, 9.17) is 90.5 Å². The number of nitrogens with one attached hydrogen (secondary N) is 2. The SMILES string of the molecule is CC(C)[C@@H]1COC(c2[c-]cc[cH-]2)=N1.CC(C)[C@@H]1COC(c2[c-]cc[cH-]2)=N1.[Co].[Co].[NH-]C(=O)C(Cl)(Cl)Cl.[NH-]C(=O)C(Cl)(Cl)Cl.[Pd+2].[Pd+2].c1ccc(C2=C(c3ccccc3)C(c3ccccc3)=C2c2ccccc2)cc1.c1ccc(C2=C(c3ccccc3)C(c3ccccc3)=C2c2ccccc2)cc1. The van der Waals surface area contributed by atoms with Crippen molar-refractivity contribution in [3.8, 4) is 0 Å². The second-order valence-corrected chi connectivity index (χ2v) is 27.4. The van der Waals surface area contributed by atoms with Gasteiger partial charge in [-0.1, -0.05) is 340 Å². The second kappa shape index (κ2) is 40.9. The minimum Gasteiger partial charge on any atom is -0.664 e. The van der Waals surface area contributed by atoms with Crippen LogP contribution in [0.1, 0.15) is 83.3 Å². The molecule has 18 heteroatoms. The number of amides is 2. The molecule has 2 amide bonds. The quantitative estimate of drug-likeness (QED) is 0.0686. The number of rotatable bonds is 12. The number of alkyl halides is 6. The van der Waals surface area contributed by atoms with Crippen LogP contribution in [-0.2, 0) is 93.5 Å². The molecule has 2 aliphatic heterocycles. The van der Waals surface area contributed by atoms with Crippen molar-refractivity contribution in [2.45, 2.75) is 47.4 Å². The van der Waals surface area contributed by atoms with E-state index in [9.17, 15) is 9.59 Å². The number of hydrogen-bond acceptors (Lipinski definition) is 6. The Kier molecular flexibility index (Phi) is 34.3. The van der Waals surface area contributed by atoms with Crippen molar-refractivity contribution in [2.75, 3.05) is 13.2 Å². The van der Waals surface area contributed by atoms with Crippen LogP contribution < -0.4 is 0 Å². The normalized spacial score (nSPS) is 14.8. The van der Waals surface area contributed by atoms with Gasteiger partial charge in [-0.3, -0.25) is 48.5 Å². The number of allylic oxidation sites excluding steroid dienone is 8. The third-order valence-electron chi connectivity index (χ3n) is 15.6. The molecule has 0 saturated carbocycles. The standard InChI is InChI=1S/2C28H20.2C11H13NO.2C2H2Cl3NO.2Co.2Pd/c2*1-5-13-21(14-6-1)25-26(22-15-7-2-8-16-22)28(24-19-11-4-12-20-24)27(25)23-17-9-3-10-18-23;2*1-8(2)10-7-13-11(12-10)9-5-3-4-6-9;2*3-2(4,5)1(6)7;;;;/h2*1-20H;2*3-5,8,10H,7H2,1-2H3;2*(H2,6,7);;;;/q;;2*-2;;;;;2*+2/p-2/t;;2*10-;;;;;;/m..00....../s1. The van der Waals surface area contributed by atoms with Gasteiger partial charge in [0, 0.05) is 45.4 Å². The van der Waals surface area contributed by atoms with Gasteiger partial charge in [0.05, 0.1) is 25.3 Å². The average Bonchev–Trinajstić information content (AvgIpc) is 0.773. The summed E-state index contributed by atoms with van der Waals surface area (Å²) in [5.41, 5.74) is 35.1. The summed E-state index contributed by atoms with van der Waals surface area (Å²) in [6, 6.07) is 104. The molecule has 0 spiro atoms. The van der Waals surface area contributed by atoms with Crippen LogP contribution >= 0.6 is 69.6 Å². The van der Waals surface area contributed by atoms with Gasteiger partial charge >= 0.3 is 40.8 Å². The zero-order valence-corrected chi connectivity index (χ0v) is 64.1. The molecular formula is C82H68Cl6Co2N4O4Pd2-2. The fourth-order valence-electron chi connectivity index (χ4n) is 10.7. The van der Waals surface area contributed by atoms with E-state index in [-0.39, 0.29) is 74.4 Å². The van der Waals surface area contributed by atoms with Crippen LogP contribution in [0.25, 0.3) is 56.1 Å². The zero-order chi connectivity index (χ0) is 68.2. The van der Waals surface area contributed by atoms with Gasteiger partial charge in [0.15, 0.2) is 0 Å². The Balaban J connectivity index is 0.000000232. The van der Waals surface area contributed by atoms with E-state index >= 15 is 0 Å². The Morgan fingerprint density at radius 2 is 0.550 bits per heavy atom. The molecule has 100 heavy (non-hydrogen) atoms. The number of carbonyl (C=O) groups excluding carboxylic acids is 2. The minimum absolute atomic E-state index is 0. The molecule has 14 rings (SSSR count). The number of hydrogen-bond donors (Lipinski definition) is 0. The first-order valence-corrected chi connectivity index (χ1v) is 33.3. The van der Waals surface area contributed by atoms with Crippen LogP contribution in [0.4, 0.5) is 0 Å². The van der Waals surface area contributed by atoms with Crippen molar-refractivity contribution in [1.82, 2.24) is 0 Å². The Hall–Kier alpha value is -6.62. The van der Waals surface area contributed by atoms with Crippen molar-refractivity contribution >= 4 is 138 Å². The first-order valence-electron chi connectivity index (χ1n) is 31.1. The van der Waals surface area contributed by atoms with Gasteiger partial charge < -0.3 is 40.5 Å². The number of halogens is 6. The van der Waals surface area contributed by atoms with E-state index < -0.39 is 19.4 Å². The second-order valence-electron chi connectivity index (χ2n) is 22.9. The fraction of sp³-hybridized carbons (Fsp3) is 0.146. The Morgan fingerprint density at radius 3 is 0.670 bits per heavy atom. The molecule has 2 heterocycles. The molecule has 10 aromatic carbocycles. The van der Waals surface area contributed by atoms with Gasteiger partial charge in [-0.25, -0.2) is 11.1 Å². The first-order chi connectivity index (χ1) is 46.3. The van der Waals surface area contributed by atoms with E-state index in [1.165, 1.54) is 89.1 Å². The molecule has 0 fully saturated rings. The van der Waals surface area contributed by atoms with E-state index in [1.807, 2.05) is 36.4 Å². The molecule has 10 aromatic rings. The summed E-state index contributed by atoms with van der Waals surface area (Å²) >= 11 is 29.2. The summed E-state index contributed by atoms with van der Waals surface area (Å²) in [5, 5.41) is 0. The topological polar surface area (TPSA) is 125 Å². The summed E-state index contributed by atoms with van der Waals surface area (Å²) in [6.45, 7) is 10.1. The molecule has 2 radical (unpaired) electrons. The van der Waals surface area contributed by atoms with E-state index in [0.717, 1.165) is 22.9 Å².